The second-order valence-corrected chi connectivity index (χ2v) is 5.75. The monoisotopic (exact) mass is 260 g/mol. The molecular weight excluding hydrogens is 236 g/mol. The predicted octanol–water partition coefficient (Wildman–Crippen LogP) is 1.77. The third-order valence-corrected chi connectivity index (χ3v) is 3.93. The fourth-order valence-corrected chi connectivity index (χ4v) is 2.69. The first kappa shape index (κ1) is 14.1. The highest BCUT2D eigenvalue weighted by Crippen LogP contribution is 2.23. The van der Waals surface area contributed by atoms with Gasteiger partial charge in [0.1, 0.15) is 0 Å². The Kier molecular flexibility index (Phi) is 4.59. The molecule has 0 aromatic heterocycles. The van der Waals surface area contributed by atoms with Gasteiger partial charge < -0.3 is 10.6 Å². The van der Waals surface area contributed by atoms with E-state index in [1.807, 2.05) is 7.05 Å². The lowest BCUT2D eigenvalue weighted by molar-refractivity contribution is -0.129. The first-order valence-corrected chi connectivity index (χ1v) is 7.15. The summed E-state index contributed by atoms with van der Waals surface area (Å²) in [5, 5.41) is 0. The Morgan fingerprint density at radius 3 is 2.84 bits per heavy atom. The van der Waals surface area contributed by atoms with Crippen molar-refractivity contribution < 1.29 is 4.79 Å². The Morgan fingerprint density at radius 1 is 1.37 bits per heavy atom. The minimum atomic E-state index is 0.179. The molecule has 1 unspecified atom stereocenters. The van der Waals surface area contributed by atoms with Crippen LogP contribution in [0.4, 0.5) is 0 Å². The van der Waals surface area contributed by atoms with Crippen LogP contribution in [0.2, 0.25) is 0 Å². The molecule has 2 N–H and O–H groups in total. The zero-order valence-electron chi connectivity index (χ0n) is 12.0. The molecule has 1 aliphatic carbocycles. The van der Waals surface area contributed by atoms with Crippen molar-refractivity contribution in [1.29, 1.82) is 0 Å². The first-order valence-electron chi connectivity index (χ1n) is 7.15. The predicted molar refractivity (Wildman–Crippen MR) is 78.0 cm³/mol. The molecule has 0 spiro atoms. The topological polar surface area (TPSA) is 46.3 Å². The van der Waals surface area contributed by atoms with Crippen LogP contribution in [0.25, 0.3) is 0 Å². The van der Waals surface area contributed by atoms with Gasteiger partial charge in [-0.1, -0.05) is 25.1 Å². The molecule has 0 fully saturated rings. The lowest BCUT2D eigenvalue weighted by atomic mass is 10.0. The van der Waals surface area contributed by atoms with Crippen LogP contribution in [0.3, 0.4) is 0 Å². The molecule has 2 rings (SSSR count). The summed E-state index contributed by atoms with van der Waals surface area (Å²) in [5.74, 6) is 0.534. The lowest BCUT2D eigenvalue weighted by Gasteiger charge is -2.21. The number of rotatable bonds is 5. The Bertz CT molecular complexity index is 456. The van der Waals surface area contributed by atoms with Crippen molar-refractivity contribution >= 4 is 5.91 Å². The van der Waals surface area contributed by atoms with E-state index in [0.29, 0.717) is 18.9 Å². The summed E-state index contributed by atoms with van der Waals surface area (Å²) in [7, 11) is 1.86. The fourth-order valence-electron chi connectivity index (χ4n) is 2.69. The zero-order valence-corrected chi connectivity index (χ0v) is 12.0. The van der Waals surface area contributed by atoms with Gasteiger partial charge in [-0.25, -0.2) is 0 Å². The molecule has 3 heteroatoms. The van der Waals surface area contributed by atoms with Crippen LogP contribution in [0.15, 0.2) is 18.2 Å². The molecule has 0 radical (unpaired) electrons. The van der Waals surface area contributed by atoms with Gasteiger partial charge in [-0.05, 0) is 48.4 Å². The second-order valence-electron chi connectivity index (χ2n) is 5.75. The van der Waals surface area contributed by atoms with Gasteiger partial charge in [0.05, 0.1) is 6.42 Å². The number of fused-ring (bicyclic) bond motifs is 1. The first-order chi connectivity index (χ1) is 9.10. The minimum Gasteiger partial charge on any atom is -0.345 e. The molecule has 3 nitrogen and oxygen atoms in total. The average Bonchev–Trinajstić information content (AvgIpc) is 2.85. The van der Waals surface area contributed by atoms with Gasteiger partial charge in [0, 0.05) is 13.6 Å². The number of carbonyl (C=O) groups is 1. The van der Waals surface area contributed by atoms with Crippen molar-refractivity contribution in [2.45, 2.75) is 32.6 Å². The number of benzene rings is 1. The van der Waals surface area contributed by atoms with Gasteiger partial charge in [-0.15, -0.1) is 0 Å². The quantitative estimate of drug-likeness (QED) is 0.877. The van der Waals surface area contributed by atoms with Crippen molar-refractivity contribution in [3.63, 3.8) is 0 Å². The van der Waals surface area contributed by atoms with Gasteiger partial charge in [0.15, 0.2) is 0 Å². The zero-order chi connectivity index (χ0) is 13.8. The highest BCUT2D eigenvalue weighted by atomic mass is 16.2. The van der Waals surface area contributed by atoms with Crippen LogP contribution in [-0.2, 0) is 24.1 Å². The SMILES string of the molecule is CC(CN)CN(C)C(=O)Cc1ccc2c(c1)CCC2. The Balaban J connectivity index is 1.95. The number of carbonyl (C=O) groups excluding carboxylic acids is 1. The van der Waals surface area contributed by atoms with E-state index in [4.69, 9.17) is 5.73 Å². The molecule has 1 aromatic carbocycles. The van der Waals surface area contributed by atoms with E-state index in [0.717, 1.165) is 18.5 Å². The van der Waals surface area contributed by atoms with Crippen molar-refractivity contribution in [3.8, 4) is 0 Å². The van der Waals surface area contributed by atoms with E-state index in [1.165, 1.54) is 24.0 Å². The Labute approximate surface area is 115 Å². The third-order valence-electron chi connectivity index (χ3n) is 3.93. The Morgan fingerprint density at radius 2 is 2.11 bits per heavy atom. The number of likely N-dealkylation sites (N-methyl/N-ethyl adjacent to an activating group) is 1. The van der Waals surface area contributed by atoms with E-state index < -0.39 is 0 Å². The van der Waals surface area contributed by atoms with Gasteiger partial charge in [0.25, 0.3) is 0 Å². The van der Waals surface area contributed by atoms with E-state index in [9.17, 15) is 4.79 Å². The summed E-state index contributed by atoms with van der Waals surface area (Å²) in [6.45, 7) is 3.43. The molecule has 0 saturated heterocycles. The molecule has 1 aromatic rings. The molecule has 0 heterocycles. The normalized spacial score (nSPS) is 15.1. The molecule has 1 atom stereocenters. The minimum absolute atomic E-state index is 0.179. The standard InChI is InChI=1S/C16H24N2O/c1-12(10-17)11-18(2)16(19)9-13-6-7-14-4-3-5-15(14)8-13/h6-8,12H,3-5,9-11,17H2,1-2H3. The molecular formula is C16H24N2O. The summed E-state index contributed by atoms with van der Waals surface area (Å²) in [6, 6.07) is 6.50. The molecule has 0 saturated carbocycles. The highest BCUT2D eigenvalue weighted by Gasteiger charge is 2.15. The van der Waals surface area contributed by atoms with Crippen LogP contribution in [0, 0.1) is 5.92 Å². The van der Waals surface area contributed by atoms with Crippen molar-refractivity contribution in [1.82, 2.24) is 4.90 Å². The van der Waals surface area contributed by atoms with Crippen LogP contribution >= 0.6 is 0 Å². The van der Waals surface area contributed by atoms with Gasteiger partial charge in [-0.2, -0.15) is 0 Å². The second kappa shape index (κ2) is 6.20. The number of aryl methyl sites for hydroxylation is 2. The van der Waals surface area contributed by atoms with E-state index in [-0.39, 0.29) is 5.91 Å². The number of hydrogen-bond acceptors (Lipinski definition) is 2. The lowest BCUT2D eigenvalue weighted by Crippen LogP contribution is -2.34. The van der Waals surface area contributed by atoms with Crippen molar-refractivity contribution in [3.05, 3.63) is 34.9 Å². The van der Waals surface area contributed by atoms with Crippen LogP contribution in [-0.4, -0.2) is 30.9 Å². The maximum Gasteiger partial charge on any atom is 0.226 e. The van der Waals surface area contributed by atoms with Gasteiger partial charge in [-0.3, -0.25) is 4.79 Å². The molecule has 1 amide bonds. The number of nitrogens with two attached hydrogens (primary N) is 1. The van der Waals surface area contributed by atoms with Crippen molar-refractivity contribution in [2.75, 3.05) is 20.1 Å². The highest BCUT2D eigenvalue weighted by molar-refractivity contribution is 5.78. The summed E-state index contributed by atoms with van der Waals surface area (Å²) < 4.78 is 0. The maximum absolute atomic E-state index is 12.1. The van der Waals surface area contributed by atoms with Crippen LogP contribution < -0.4 is 5.73 Å². The molecule has 104 valence electrons. The third kappa shape index (κ3) is 3.57. The van der Waals surface area contributed by atoms with Crippen LogP contribution in [0.5, 0.6) is 0 Å². The molecule has 0 aliphatic heterocycles. The summed E-state index contributed by atoms with van der Waals surface area (Å²) in [5.41, 5.74) is 9.63. The summed E-state index contributed by atoms with van der Waals surface area (Å²) >= 11 is 0. The largest absolute Gasteiger partial charge is 0.345 e. The number of amides is 1. The summed E-state index contributed by atoms with van der Waals surface area (Å²) in [6.07, 6.45) is 4.11. The molecule has 0 bridgehead atoms. The smallest absolute Gasteiger partial charge is 0.226 e. The van der Waals surface area contributed by atoms with Gasteiger partial charge >= 0.3 is 0 Å². The summed E-state index contributed by atoms with van der Waals surface area (Å²) in [4.78, 5) is 13.9. The maximum atomic E-state index is 12.1. The van der Waals surface area contributed by atoms with Crippen LogP contribution in [0.1, 0.15) is 30.0 Å². The Hall–Kier alpha value is -1.35. The number of hydrogen-bond donors (Lipinski definition) is 1. The van der Waals surface area contributed by atoms with E-state index in [1.54, 1.807) is 4.90 Å². The molecule has 19 heavy (non-hydrogen) atoms. The average molecular weight is 260 g/mol. The molecule has 1 aliphatic rings. The van der Waals surface area contributed by atoms with Gasteiger partial charge in [0.2, 0.25) is 5.91 Å². The number of nitrogens with zero attached hydrogens (tertiary/aromatic N) is 1. The van der Waals surface area contributed by atoms with E-state index in [2.05, 4.69) is 25.1 Å². The van der Waals surface area contributed by atoms with E-state index >= 15 is 0 Å². The van der Waals surface area contributed by atoms with Crippen molar-refractivity contribution in [2.24, 2.45) is 11.7 Å². The fraction of sp³-hybridized carbons (Fsp3) is 0.562.